The summed E-state index contributed by atoms with van der Waals surface area (Å²) in [5.41, 5.74) is 6.24. The minimum Gasteiger partial charge on any atom is -0.497 e. The minimum absolute atomic E-state index is 0.125. The van der Waals surface area contributed by atoms with E-state index in [9.17, 15) is 4.79 Å². The third kappa shape index (κ3) is 4.04. The van der Waals surface area contributed by atoms with Crippen LogP contribution >= 0.6 is 11.8 Å². The fourth-order valence-electron chi connectivity index (χ4n) is 3.42. The third-order valence-electron chi connectivity index (χ3n) is 5.00. The average molecular weight is 418 g/mol. The number of hydrogen-bond acceptors (Lipinski definition) is 4. The van der Waals surface area contributed by atoms with Crippen molar-refractivity contribution in [3.05, 3.63) is 82.0 Å². The average Bonchev–Trinajstić information content (AvgIpc) is 3.22. The maximum Gasteiger partial charge on any atom is 0.264 e. The summed E-state index contributed by atoms with van der Waals surface area (Å²) in [4.78, 5) is 17.7. The topological polar surface area (TPSA) is 55.6 Å². The molecular weight excluding hydrogens is 394 g/mol. The lowest BCUT2D eigenvalue weighted by Crippen LogP contribution is -2.19. The molecule has 5 nitrogen and oxygen atoms in total. The smallest absolute Gasteiger partial charge is 0.264 e. The zero-order valence-electron chi connectivity index (χ0n) is 17.4. The number of aryl methyl sites for hydroxylation is 2. The van der Waals surface area contributed by atoms with Crippen molar-refractivity contribution in [2.45, 2.75) is 20.8 Å². The van der Waals surface area contributed by atoms with Crippen LogP contribution < -0.4 is 10.1 Å². The van der Waals surface area contributed by atoms with Gasteiger partial charge in [0.1, 0.15) is 5.75 Å². The molecule has 0 bridgehead atoms. The molecule has 0 atom stereocenters. The lowest BCUT2D eigenvalue weighted by atomic mass is 10.2. The number of carbonyl (C=O) groups excluding carboxylic acids is 1. The SMILES string of the molecule is COc1ccc(-n2c(C)cc(/C=C3/SC(=Nc4ccc(C)cc4)NC3=O)c2C)cc1. The molecule has 30 heavy (non-hydrogen) atoms. The van der Waals surface area contributed by atoms with Crippen LogP contribution in [0.4, 0.5) is 5.69 Å². The highest BCUT2D eigenvalue weighted by atomic mass is 32.2. The van der Waals surface area contributed by atoms with Gasteiger partial charge in [-0.1, -0.05) is 17.7 Å². The molecule has 3 aromatic rings. The normalized spacial score (nSPS) is 16.3. The van der Waals surface area contributed by atoms with Crippen LogP contribution in [0.25, 0.3) is 11.8 Å². The minimum atomic E-state index is -0.125. The summed E-state index contributed by atoms with van der Waals surface area (Å²) in [6.07, 6.45) is 1.93. The summed E-state index contributed by atoms with van der Waals surface area (Å²) in [5, 5.41) is 3.45. The molecule has 6 heteroatoms. The Balaban J connectivity index is 1.61. The number of nitrogens with zero attached hydrogens (tertiary/aromatic N) is 2. The number of thioether (sulfide) groups is 1. The van der Waals surface area contributed by atoms with E-state index in [1.165, 1.54) is 17.3 Å². The van der Waals surface area contributed by atoms with Crippen LogP contribution in [0.15, 0.2) is 64.5 Å². The number of amides is 1. The highest BCUT2D eigenvalue weighted by Gasteiger charge is 2.24. The molecule has 0 spiro atoms. The number of amidine groups is 1. The molecule has 4 rings (SSSR count). The van der Waals surface area contributed by atoms with E-state index in [0.29, 0.717) is 10.1 Å². The first-order chi connectivity index (χ1) is 14.4. The Hall–Kier alpha value is -3.25. The molecule has 0 saturated carbocycles. The highest BCUT2D eigenvalue weighted by molar-refractivity contribution is 8.18. The molecule has 1 saturated heterocycles. The molecular formula is C24H23N3O2S. The lowest BCUT2D eigenvalue weighted by Gasteiger charge is -2.10. The molecule has 1 amide bonds. The fourth-order valence-corrected chi connectivity index (χ4v) is 4.25. The quantitative estimate of drug-likeness (QED) is 0.586. The van der Waals surface area contributed by atoms with Gasteiger partial charge in [0.2, 0.25) is 0 Å². The van der Waals surface area contributed by atoms with E-state index in [4.69, 9.17) is 4.74 Å². The van der Waals surface area contributed by atoms with Crippen LogP contribution in [0.5, 0.6) is 5.75 Å². The molecule has 0 aliphatic carbocycles. The van der Waals surface area contributed by atoms with Crippen molar-refractivity contribution in [2.75, 3.05) is 7.11 Å². The van der Waals surface area contributed by atoms with Crippen LogP contribution in [-0.4, -0.2) is 22.8 Å². The van der Waals surface area contributed by atoms with E-state index < -0.39 is 0 Å². The van der Waals surface area contributed by atoms with Gasteiger partial charge in [-0.25, -0.2) is 4.99 Å². The van der Waals surface area contributed by atoms with Gasteiger partial charge < -0.3 is 14.6 Å². The summed E-state index contributed by atoms with van der Waals surface area (Å²) in [6, 6.07) is 17.9. The molecule has 1 aromatic heterocycles. The van der Waals surface area contributed by atoms with Crippen molar-refractivity contribution in [3.63, 3.8) is 0 Å². The third-order valence-corrected chi connectivity index (χ3v) is 5.91. The van der Waals surface area contributed by atoms with Gasteiger partial charge in [-0.3, -0.25) is 4.79 Å². The van der Waals surface area contributed by atoms with Crippen LogP contribution in [-0.2, 0) is 4.79 Å². The Morgan fingerprint density at radius 3 is 2.40 bits per heavy atom. The predicted octanol–water partition coefficient (Wildman–Crippen LogP) is 5.30. The highest BCUT2D eigenvalue weighted by Crippen LogP contribution is 2.30. The molecule has 1 N–H and O–H groups in total. The molecule has 152 valence electrons. The summed E-state index contributed by atoms with van der Waals surface area (Å²) in [7, 11) is 1.66. The Morgan fingerprint density at radius 2 is 1.73 bits per heavy atom. The number of methoxy groups -OCH3 is 1. The second kappa shape index (κ2) is 8.24. The molecule has 2 heterocycles. The Kier molecular flexibility index (Phi) is 5.50. The molecule has 0 radical (unpaired) electrons. The Labute approximate surface area is 180 Å². The van der Waals surface area contributed by atoms with Crippen molar-refractivity contribution in [2.24, 2.45) is 4.99 Å². The monoisotopic (exact) mass is 417 g/mol. The fraction of sp³-hybridized carbons (Fsp3) is 0.167. The van der Waals surface area contributed by atoms with Crippen molar-refractivity contribution in [3.8, 4) is 11.4 Å². The van der Waals surface area contributed by atoms with Gasteiger partial charge in [0, 0.05) is 17.1 Å². The van der Waals surface area contributed by atoms with Crippen LogP contribution in [0.3, 0.4) is 0 Å². The van der Waals surface area contributed by atoms with Gasteiger partial charge >= 0.3 is 0 Å². The first-order valence-electron chi connectivity index (χ1n) is 9.64. The molecule has 1 aliphatic rings. The van der Waals surface area contributed by atoms with Crippen molar-refractivity contribution < 1.29 is 9.53 Å². The molecule has 2 aromatic carbocycles. The van der Waals surface area contributed by atoms with Gasteiger partial charge in [-0.05, 0) is 86.6 Å². The van der Waals surface area contributed by atoms with Gasteiger partial charge in [0.15, 0.2) is 5.17 Å². The van der Waals surface area contributed by atoms with Crippen molar-refractivity contribution in [1.82, 2.24) is 9.88 Å². The first-order valence-corrected chi connectivity index (χ1v) is 10.5. The number of carbonyl (C=O) groups is 1. The van der Waals surface area contributed by atoms with Gasteiger partial charge in [0.25, 0.3) is 5.91 Å². The van der Waals surface area contributed by atoms with Crippen molar-refractivity contribution >= 4 is 34.6 Å². The maximum atomic E-state index is 12.5. The van der Waals surface area contributed by atoms with E-state index in [-0.39, 0.29) is 5.91 Å². The summed E-state index contributed by atoms with van der Waals surface area (Å²) in [5.74, 6) is 0.697. The van der Waals surface area contributed by atoms with Crippen LogP contribution in [0.1, 0.15) is 22.5 Å². The number of benzene rings is 2. The Morgan fingerprint density at radius 1 is 1.03 bits per heavy atom. The standard InChI is InChI=1S/C24H23N3O2S/c1-15-5-7-19(8-6-15)25-24-26-23(28)22(30-24)14-18-13-16(2)27(17(18)3)20-9-11-21(29-4)12-10-20/h5-14H,1-4H3,(H,25,26,28)/b22-14+. The second-order valence-corrected chi connectivity index (χ2v) is 8.21. The summed E-state index contributed by atoms with van der Waals surface area (Å²) >= 11 is 1.36. The van der Waals surface area contributed by atoms with Crippen LogP contribution in [0, 0.1) is 20.8 Å². The zero-order valence-corrected chi connectivity index (χ0v) is 18.2. The van der Waals surface area contributed by atoms with Gasteiger partial charge in [-0.2, -0.15) is 0 Å². The summed E-state index contributed by atoms with van der Waals surface area (Å²) in [6.45, 7) is 6.15. The van der Waals surface area contributed by atoms with E-state index in [1.54, 1.807) is 7.11 Å². The number of hydrogen-bond donors (Lipinski definition) is 1. The first kappa shape index (κ1) is 20.0. The number of aromatic nitrogens is 1. The van der Waals surface area contributed by atoms with Gasteiger partial charge in [-0.15, -0.1) is 0 Å². The zero-order chi connectivity index (χ0) is 21.3. The second-order valence-electron chi connectivity index (χ2n) is 7.18. The van der Waals surface area contributed by atoms with Crippen molar-refractivity contribution in [1.29, 1.82) is 0 Å². The van der Waals surface area contributed by atoms with Crippen LogP contribution in [0.2, 0.25) is 0 Å². The van der Waals surface area contributed by atoms with E-state index in [0.717, 1.165) is 34.1 Å². The molecule has 1 fully saturated rings. The molecule has 0 unspecified atom stereocenters. The number of aliphatic imine (C=N–C) groups is 1. The number of rotatable bonds is 4. The maximum absolute atomic E-state index is 12.5. The summed E-state index contributed by atoms with van der Waals surface area (Å²) < 4.78 is 7.42. The Bertz CT molecular complexity index is 1160. The number of nitrogens with one attached hydrogen (secondary N) is 1. The van der Waals surface area contributed by atoms with E-state index in [1.807, 2.05) is 61.5 Å². The van der Waals surface area contributed by atoms with E-state index >= 15 is 0 Å². The predicted molar refractivity (Wildman–Crippen MR) is 124 cm³/mol. The van der Waals surface area contributed by atoms with Gasteiger partial charge in [0.05, 0.1) is 17.7 Å². The largest absolute Gasteiger partial charge is 0.497 e. The molecule has 1 aliphatic heterocycles. The lowest BCUT2D eigenvalue weighted by molar-refractivity contribution is -0.115. The van der Waals surface area contributed by atoms with E-state index in [2.05, 4.69) is 34.8 Å². The number of ether oxygens (including phenoxy) is 1.